The summed E-state index contributed by atoms with van der Waals surface area (Å²) in [5, 5.41) is 13.8. The van der Waals surface area contributed by atoms with E-state index in [9.17, 15) is 14.7 Å². The van der Waals surface area contributed by atoms with Crippen molar-refractivity contribution in [2.45, 2.75) is 25.3 Å². The van der Waals surface area contributed by atoms with E-state index in [1.165, 1.54) is 4.88 Å². The Balaban J connectivity index is 1.85. The van der Waals surface area contributed by atoms with Crippen molar-refractivity contribution in [3.05, 3.63) is 58.3 Å². The van der Waals surface area contributed by atoms with Gasteiger partial charge in [0.2, 0.25) is 5.91 Å². The van der Waals surface area contributed by atoms with Crippen molar-refractivity contribution < 1.29 is 14.7 Å². The van der Waals surface area contributed by atoms with E-state index >= 15 is 0 Å². The summed E-state index contributed by atoms with van der Waals surface area (Å²) >= 11 is 1.66. The van der Waals surface area contributed by atoms with Gasteiger partial charge < -0.3 is 10.4 Å². The van der Waals surface area contributed by atoms with Gasteiger partial charge in [-0.25, -0.2) is 4.79 Å². The topological polar surface area (TPSA) is 66.4 Å². The Kier molecular flexibility index (Phi) is 5.51. The number of rotatable bonds is 7. The molecule has 0 saturated heterocycles. The lowest BCUT2D eigenvalue weighted by Crippen LogP contribution is -2.33. The zero-order chi connectivity index (χ0) is 15.1. The highest BCUT2D eigenvalue weighted by molar-refractivity contribution is 7.09. The molecule has 0 saturated carbocycles. The maximum atomic E-state index is 11.9. The third-order valence-electron chi connectivity index (χ3n) is 3.09. The molecule has 2 rings (SSSR count). The average molecular weight is 303 g/mol. The SMILES string of the molecule is O=C(CCCc1cccs1)NC(C(=O)O)c1ccccc1. The number of carboxylic acid groups (broad SMARTS) is 1. The van der Waals surface area contributed by atoms with Crippen LogP contribution in [0.2, 0.25) is 0 Å². The molecule has 1 aromatic heterocycles. The van der Waals surface area contributed by atoms with Gasteiger partial charge in [-0.15, -0.1) is 11.3 Å². The van der Waals surface area contributed by atoms with Gasteiger partial charge in [0.1, 0.15) is 0 Å². The molecule has 2 aromatic rings. The van der Waals surface area contributed by atoms with Crippen molar-refractivity contribution in [3.8, 4) is 0 Å². The Hall–Kier alpha value is -2.14. The maximum Gasteiger partial charge on any atom is 0.330 e. The number of aliphatic carboxylic acids is 1. The highest BCUT2D eigenvalue weighted by Gasteiger charge is 2.21. The second kappa shape index (κ2) is 7.59. The summed E-state index contributed by atoms with van der Waals surface area (Å²) in [6.07, 6.45) is 1.89. The van der Waals surface area contributed by atoms with E-state index in [-0.39, 0.29) is 5.91 Å². The van der Waals surface area contributed by atoms with Gasteiger partial charge in [0, 0.05) is 11.3 Å². The number of carboxylic acids is 1. The maximum absolute atomic E-state index is 11.9. The van der Waals surface area contributed by atoms with Crippen LogP contribution in [-0.2, 0) is 16.0 Å². The van der Waals surface area contributed by atoms with E-state index in [4.69, 9.17) is 0 Å². The molecule has 0 fully saturated rings. The molecule has 0 aliphatic carbocycles. The van der Waals surface area contributed by atoms with Crippen LogP contribution in [0.5, 0.6) is 0 Å². The number of nitrogens with one attached hydrogen (secondary N) is 1. The summed E-state index contributed by atoms with van der Waals surface area (Å²) in [6.45, 7) is 0. The van der Waals surface area contributed by atoms with Crippen molar-refractivity contribution in [1.29, 1.82) is 0 Å². The number of hydrogen-bond donors (Lipinski definition) is 2. The monoisotopic (exact) mass is 303 g/mol. The summed E-state index contributed by atoms with van der Waals surface area (Å²) in [6, 6.07) is 11.8. The van der Waals surface area contributed by atoms with Crippen molar-refractivity contribution in [1.82, 2.24) is 5.32 Å². The summed E-state index contributed by atoms with van der Waals surface area (Å²) < 4.78 is 0. The Morgan fingerprint density at radius 2 is 1.90 bits per heavy atom. The van der Waals surface area contributed by atoms with Crippen LogP contribution in [0.25, 0.3) is 0 Å². The summed E-state index contributed by atoms with van der Waals surface area (Å²) in [5.41, 5.74) is 0.580. The first-order valence-corrected chi connectivity index (χ1v) is 7.64. The minimum atomic E-state index is -1.05. The van der Waals surface area contributed by atoms with Gasteiger partial charge in [-0.2, -0.15) is 0 Å². The molecule has 0 radical (unpaired) electrons. The van der Waals surface area contributed by atoms with Crippen LogP contribution < -0.4 is 5.32 Å². The van der Waals surface area contributed by atoms with Gasteiger partial charge >= 0.3 is 5.97 Å². The lowest BCUT2D eigenvalue weighted by atomic mass is 10.1. The van der Waals surface area contributed by atoms with E-state index in [0.29, 0.717) is 18.4 Å². The lowest BCUT2D eigenvalue weighted by molar-refractivity contribution is -0.142. The van der Waals surface area contributed by atoms with E-state index in [0.717, 1.165) is 6.42 Å². The third kappa shape index (κ3) is 4.72. The molecule has 1 atom stereocenters. The molecule has 0 aliphatic rings. The molecule has 21 heavy (non-hydrogen) atoms. The van der Waals surface area contributed by atoms with Crippen LogP contribution in [0.15, 0.2) is 47.8 Å². The molecule has 0 bridgehead atoms. The Morgan fingerprint density at radius 1 is 1.14 bits per heavy atom. The molecule has 110 valence electrons. The van der Waals surface area contributed by atoms with Gasteiger partial charge in [0.25, 0.3) is 0 Å². The Morgan fingerprint density at radius 3 is 2.52 bits per heavy atom. The molecular formula is C16H17NO3S. The van der Waals surface area contributed by atoms with Gasteiger partial charge in [-0.05, 0) is 29.9 Å². The molecule has 1 amide bonds. The predicted octanol–water partition coefficient (Wildman–Crippen LogP) is 3.01. The number of amides is 1. The molecule has 1 aromatic carbocycles. The highest BCUT2D eigenvalue weighted by Crippen LogP contribution is 2.14. The van der Waals surface area contributed by atoms with E-state index < -0.39 is 12.0 Å². The van der Waals surface area contributed by atoms with Gasteiger partial charge in [0.15, 0.2) is 6.04 Å². The summed E-state index contributed by atoms with van der Waals surface area (Å²) in [5.74, 6) is -1.28. The third-order valence-corrected chi connectivity index (χ3v) is 4.03. The first-order chi connectivity index (χ1) is 10.2. The molecular weight excluding hydrogens is 286 g/mol. The van der Waals surface area contributed by atoms with E-state index in [1.54, 1.807) is 35.6 Å². The fraction of sp³-hybridized carbons (Fsp3) is 0.250. The zero-order valence-electron chi connectivity index (χ0n) is 11.5. The lowest BCUT2D eigenvalue weighted by Gasteiger charge is -2.14. The van der Waals surface area contributed by atoms with Gasteiger partial charge in [-0.3, -0.25) is 4.79 Å². The Labute approximate surface area is 127 Å². The fourth-order valence-corrected chi connectivity index (χ4v) is 2.80. The zero-order valence-corrected chi connectivity index (χ0v) is 12.3. The van der Waals surface area contributed by atoms with Crippen molar-refractivity contribution in [2.24, 2.45) is 0 Å². The Bertz CT molecular complexity index is 581. The van der Waals surface area contributed by atoms with Crippen molar-refractivity contribution >= 4 is 23.2 Å². The second-order valence-electron chi connectivity index (χ2n) is 4.68. The molecule has 5 heteroatoms. The second-order valence-corrected chi connectivity index (χ2v) is 5.71. The fourth-order valence-electron chi connectivity index (χ4n) is 2.04. The molecule has 0 spiro atoms. The smallest absolute Gasteiger partial charge is 0.330 e. The number of aryl methyl sites for hydroxylation is 1. The van der Waals surface area contributed by atoms with Crippen LogP contribution in [-0.4, -0.2) is 17.0 Å². The predicted molar refractivity (Wildman–Crippen MR) is 82.2 cm³/mol. The number of benzene rings is 1. The van der Waals surface area contributed by atoms with Crippen LogP contribution in [0.4, 0.5) is 0 Å². The minimum absolute atomic E-state index is 0.234. The normalized spacial score (nSPS) is 11.8. The van der Waals surface area contributed by atoms with Crippen LogP contribution >= 0.6 is 11.3 Å². The molecule has 1 unspecified atom stereocenters. The first kappa shape index (κ1) is 15.3. The van der Waals surface area contributed by atoms with Gasteiger partial charge in [-0.1, -0.05) is 36.4 Å². The quantitative estimate of drug-likeness (QED) is 0.826. The summed E-state index contributed by atoms with van der Waals surface area (Å²) in [4.78, 5) is 24.4. The van der Waals surface area contributed by atoms with E-state index in [2.05, 4.69) is 5.32 Å². The van der Waals surface area contributed by atoms with Crippen molar-refractivity contribution in [2.75, 3.05) is 0 Å². The largest absolute Gasteiger partial charge is 0.479 e. The first-order valence-electron chi connectivity index (χ1n) is 6.76. The van der Waals surface area contributed by atoms with Crippen LogP contribution in [0, 0.1) is 0 Å². The highest BCUT2D eigenvalue weighted by atomic mass is 32.1. The molecule has 0 aliphatic heterocycles. The summed E-state index contributed by atoms with van der Waals surface area (Å²) in [7, 11) is 0. The van der Waals surface area contributed by atoms with Crippen LogP contribution in [0.3, 0.4) is 0 Å². The van der Waals surface area contributed by atoms with Gasteiger partial charge in [0.05, 0.1) is 0 Å². The van der Waals surface area contributed by atoms with E-state index in [1.807, 2.05) is 23.6 Å². The number of carbonyl (C=O) groups excluding carboxylic acids is 1. The van der Waals surface area contributed by atoms with Crippen LogP contribution in [0.1, 0.15) is 29.3 Å². The number of thiophene rings is 1. The number of hydrogen-bond acceptors (Lipinski definition) is 3. The molecule has 2 N–H and O–H groups in total. The molecule has 1 heterocycles. The average Bonchev–Trinajstić information content (AvgIpc) is 2.98. The standard InChI is InChI=1S/C16H17NO3S/c18-14(10-4-8-13-9-5-11-21-13)17-15(16(19)20)12-6-2-1-3-7-12/h1-3,5-7,9,11,15H,4,8,10H2,(H,17,18)(H,19,20). The molecule has 4 nitrogen and oxygen atoms in total. The van der Waals surface area contributed by atoms with Crippen molar-refractivity contribution in [3.63, 3.8) is 0 Å². The minimum Gasteiger partial charge on any atom is -0.479 e. The number of carbonyl (C=O) groups is 2.